The van der Waals surface area contributed by atoms with Crippen molar-refractivity contribution in [3.8, 4) is 17.2 Å². The molecule has 0 fully saturated rings. The van der Waals surface area contributed by atoms with Gasteiger partial charge in [-0.3, -0.25) is 4.79 Å². The summed E-state index contributed by atoms with van der Waals surface area (Å²) in [5.41, 5.74) is 6.94. The summed E-state index contributed by atoms with van der Waals surface area (Å²) in [6, 6.07) is 11.1. The minimum atomic E-state index is -0.0132. The fourth-order valence-electron chi connectivity index (χ4n) is 3.91. The Hall–Kier alpha value is -3.42. The molecular weight excluding hydrogens is 434 g/mol. The van der Waals surface area contributed by atoms with Crippen molar-refractivity contribution in [3.05, 3.63) is 42.0 Å². The van der Waals surface area contributed by atoms with Crippen LogP contribution in [0.1, 0.15) is 57.3 Å². The summed E-state index contributed by atoms with van der Waals surface area (Å²) >= 11 is 0. The molecule has 2 N–H and O–H groups in total. The summed E-state index contributed by atoms with van der Waals surface area (Å²) in [5, 5.41) is 4.53. The lowest BCUT2D eigenvalue weighted by Crippen LogP contribution is -2.42. The van der Waals surface area contributed by atoms with Gasteiger partial charge in [0.25, 0.3) is 5.91 Å². The second-order valence-corrected chi connectivity index (χ2v) is 8.75. The largest absolute Gasteiger partial charge is 0.493 e. The number of methoxy groups -OCH3 is 1. The van der Waals surface area contributed by atoms with Gasteiger partial charge < -0.3 is 29.4 Å². The smallest absolute Gasteiger partial charge is 0.254 e. The van der Waals surface area contributed by atoms with E-state index >= 15 is 0 Å². The van der Waals surface area contributed by atoms with E-state index in [1.165, 1.54) is 0 Å². The number of anilines is 1. The molecule has 1 aromatic heterocycles. The zero-order chi connectivity index (χ0) is 24.7. The summed E-state index contributed by atoms with van der Waals surface area (Å²) < 4.78 is 22.3. The van der Waals surface area contributed by atoms with Gasteiger partial charge >= 0.3 is 0 Å². The third kappa shape index (κ3) is 6.12. The van der Waals surface area contributed by atoms with Crippen LogP contribution in [-0.2, 0) is 0 Å². The average Bonchev–Trinajstić information content (AvgIpc) is 3.17. The maximum absolute atomic E-state index is 12.9. The van der Waals surface area contributed by atoms with E-state index < -0.39 is 0 Å². The summed E-state index contributed by atoms with van der Waals surface area (Å²) in [4.78, 5) is 14.8. The molecule has 3 aromatic rings. The van der Waals surface area contributed by atoms with E-state index in [0.717, 1.165) is 30.4 Å². The quantitative estimate of drug-likeness (QED) is 0.359. The van der Waals surface area contributed by atoms with Gasteiger partial charge in [-0.25, -0.2) is 0 Å². The van der Waals surface area contributed by atoms with Crippen LogP contribution in [0.2, 0.25) is 0 Å². The average molecular weight is 470 g/mol. The van der Waals surface area contributed by atoms with Crippen molar-refractivity contribution in [2.75, 3.05) is 26.1 Å². The van der Waals surface area contributed by atoms with Crippen molar-refractivity contribution in [2.24, 2.45) is 0 Å². The molecule has 0 spiro atoms. The third-order valence-corrected chi connectivity index (χ3v) is 5.54. The molecule has 0 saturated heterocycles. The number of rotatable bonds is 12. The minimum Gasteiger partial charge on any atom is -0.493 e. The molecule has 0 aliphatic rings. The Labute approximate surface area is 200 Å². The van der Waals surface area contributed by atoms with Crippen molar-refractivity contribution in [1.29, 1.82) is 0 Å². The molecule has 3 rings (SSSR count). The van der Waals surface area contributed by atoms with Crippen LogP contribution in [0.25, 0.3) is 11.0 Å². The van der Waals surface area contributed by atoms with E-state index in [-0.39, 0.29) is 18.0 Å². The van der Waals surface area contributed by atoms with Crippen LogP contribution in [0.5, 0.6) is 17.2 Å². The molecule has 1 heterocycles. The number of nitrogens with two attached hydrogens (primary N) is 1. The van der Waals surface area contributed by atoms with E-state index in [1.54, 1.807) is 31.4 Å². The number of ether oxygens (including phenoxy) is 3. The highest BCUT2D eigenvalue weighted by Crippen LogP contribution is 2.29. The second-order valence-electron chi connectivity index (χ2n) is 8.75. The van der Waals surface area contributed by atoms with Gasteiger partial charge in [-0.2, -0.15) is 0 Å². The van der Waals surface area contributed by atoms with Crippen LogP contribution in [0.3, 0.4) is 0 Å². The lowest BCUT2D eigenvalue weighted by Gasteiger charge is -2.31. The molecule has 0 radical (unpaired) electrons. The van der Waals surface area contributed by atoms with Crippen molar-refractivity contribution >= 4 is 22.7 Å². The van der Waals surface area contributed by atoms with E-state index in [0.29, 0.717) is 41.7 Å². The van der Waals surface area contributed by atoms with E-state index in [4.69, 9.17) is 24.5 Å². The maximum atomic E-state index is 12.9. The molecule has 8 heteroatoms. The van der Waals surface area contributed by atoms with Gasteiger partial charge in [0.05, 0.1) is 25.7 Å². The number of hydrogen-bond acceptors (Lipinski definition) is 7. The first-order valence-electron chi connectivity index (χ1n) is 11.7. The predicted molar refractivity (Wildman–Crippen MR) is 133 cm³/mol. The van der Waals surface area contributed by atoms with Crippen molar-refractivity contribution in [3.63, 3.8) is 0 Å². The molecule has 0 bridgehead atoms. The van der Waals surface area contributed by atoms with Gasteiger partial charge in [-0.1, -0.05) is 5.16 Å². The lowest BCUT2D eigenvalue weighted by atomic mass is 10.1. The van der Waals surface area contributed by atoms with Gasteiger partial charge in [-0.15, -0.1) is 0 Å². The SMILES string of the molecule is COc1cc(C(=O)N(C(C)C)C(C)C)ccc1OCCCCCOc1ccc2c(N)noc2c1. The fraction of sp³-hybridized carbons (Fsp3) is 0.462. The third-order valence-electron chi connectivity index (χ3n) is 5.54. The zero-order valence-electron chi connectivity index (χ0n) is 20.7. The van der Waals surface area contributed by atoms with Gasteiger partial charge in [-0.05, 0) is 77.3 Å². The molecule has 0 aliphatic heterocycles. The number of fused-ring (bicyclic) bond motifs is 1. The van der Waals surface area contributed by atoms with Gasteiger partial charge in [0.2, 0.25) is 0 Å². The Bertz CT molecular complexity index is 1090. The standard InChI is InChI=1S/C26H35N3O5/c1-17(2)29(18(3)4)26(30)19-9-12-22(24(15-19)31-5)33-14-8-6-7-13-32-20-10-11-21-23(16-20)34-28-25(21)27/h9-12,15-18H,6-8,13-14H2,1-5H3,(H2,27,28). The normalized spacial score (nSPS) is 11.3. The molecule has 1 amide bonds. The second kappa shape index (κ2) is 11.6. The van der Waals surface area contributed by atoms with Crippen molar-refractivity contribution < 1.29 is 23.5 Å². The molecule has 0 unspecified atom stereocenters. The first-order chi connectivity index (χ1) is 16.3. The molecule has 0 saturated carbocycles. The monoisotopic (exact) mass is 469 g/mol. The van der Waals surface area contributed by atoms with Crippen LogP contribution < -0.4 is 19.9 Å². The molecular formula is C26H35N3O5. The molecule has 34 heavy (non-hydrogen) atoms. The number of hydrogen-bond donors (Lipinski definition) is 1. The van der Waals surface area contributed by atoms with Crippen LogP contribution >= 0.6 is 0 Å². The van der Waals surface area contributed by atoms with Gasteiger partial charge in [0.1, 0.15) is 5.75 Å². The molecule has 2 aromatic carbocycles. The highest BCUT2D eigenvalue weighted by atomic mass is 16.5. The number of benzene rings is 2. The summed E-state index contributed by atoms with van der Waals surface area (Å²) in [6.07, 6.45) is 2.72. The summed E-state index contributed by atoms with van der Waals surface area (Å²) in [6.45, 7) is 9.21. The van der Waals surface area contributed by atoms with Crippen molar-refractivity contribution in [2.45, 2.75) is 59.0 Å². The highest BCUT2D eigenvalue weighted by molar-refractivity contribution is 5.95. The van der Waals surface area contributed by atoms with E-state index in [1.807, 2.05) is 44.7 Å². The Morgan fingerprint density at radius 3 is 2.35 bits per heavy atom. The van der Waals surface area contributed by atoms with E-state index in [2.05, 4.69) is 5.16 Å². The first kappa shape index (κ1) is 25.2. The topological polar surface area (TPSA) is 100 Å². The molecule has 184 valence electrons. The number of amides is 1. The minimum absolute atomic E-state index is 0.0132. The van der Waals surface area contributed by atoms with Crippen LogP contribution in [0.15, 0.2) is 40.9 Å². The lowest BCUT2D eigenvalue weighted by molar-refractivity contribution is 0.0643. The first-order valence-corrected chi connectivity index (χ1v) is 11.7. The van der Waals surface area contributed by atoms with Crippen LogP contribution in [0, 0.1) is 0 Å². The Morgan fingerprint density at radius 2 is 1.68 bits per heavy atom. The van der Waals surface area contributed by atoms with Gasteiger partial charge in [0.15, 0.2) is 22.9 Å². The number of carbonyl (C=O) groups excluding carboxylic acids is 1. The predicted octanol–water partition coefficient (Wildman–Crippen LogP) is 5.31. The zero-order valence-corrected chi connectivity index (χ0v) is 20.7. The van der Waals surface area contributed by atoms with E-state index in [9.17, 15) is 4.79 Å². The Kier molecular flexibility index (Phi) is 8.62. The molecule has 8 nitrogen and oxygen atoms in total. The number of aromatic nitrogens is 1. The fourth-order valence-corrected chi connectivity index (χ4v) is 3.91. The van der Waals surface area contributed by atoms with Crippen molar-refractivity contribution in [1.82, 2.24) is 10.1 Å². The summed E-state index contributed by atoms with van der Waals surface area (Å²) in [5.74, 6) is 2.29. The van der Waals surface area contributed by atoms with Gasteiger partial charge in [0, 0.05) is 23.7 Å². The number of nitrogens with zero attached hydrogens (tertiary/aromatic N) is 2. The Morgan fingerprint density at radius 1 is 0.971 bits per heavy atom. The van der Waals surface area contributed by atoms with Crippen LogP contribution in [0.4, 0.5) is 5.82 Å². The number of carbonyl (C=O) groups is 1. The highest BCUT2D eigenvalue weighted by Gasteiger charge is 2.22. The molecule has 0 aliphatic carbocycles. The van der Waals surface area contributed by atoms with Crippen LogP contribution in [-0.4, -0.2) is 48.4 Å². The molecule has 0 atom stereocenters. The number of unbranched alkanes of at least 4 members (excludes halogenated alkanes) is 2. The number of nitrogen functional groups attached to an aromatic ring is 1. The Balaban J connectivity index is 1.43. The maximum Gasteiger partial charge on any atom is 0.254 e. The summed E-state index contributed by atoms with van der Waals surface area (Å²) in [7, 11) is 1.58.